The number of aryl methyl sites for hydroxylation is 2. The number of nitrogens with zero attached hydrogens (tertiary/aromatic N) is 7. The molecule has 8 rings (SSSR count). The van der Waals surface area contributed by atoms with Gasteiger partial charge in [-0.3, -0.25) is 9.58 Å². The molecule has 4 aliphatic rings. The average molecular weight is 673 g/mol. The molecule has 0 bridgehead atoms. The van der Waals surface area contributed by atoms with Crippen molar-refractivity contribution in [1.82, 2.24) is 24.6 Å². The Morgan fingerprint density at radius 1 is 1.02 bits per heavy atom. The molecule has 0 radical (unpaired) electrons. The van der Waals surface area contributed by atoms with Crippen LogP contribution in [0.4, 0.5) is 26.1 Å². The van der Waals surface area contributed by atoms with Gasteiger partial charge in [0.05, 0.1) is 30.0 Å². The highest BCUT2D eigenvalue weighted by Crippen LogP contribution is 2.42. The van der Waals surface area contributed by atoms with E-state index >= 15 is 4.39 Å². The summed E-state index contributed by atoms with van der Waals surface area (Å²) in [7, 11) is 1.92. The van der Waals surface area contributed by atoms with Crippen LogP contribution in [0.5, 0.6) is 11.8 Å². The molecule has 2 aromatic carbocycles. The molecule has 0 saturated carbocycles. The van der Waals surface area contributed by atoms with Gasteiger partial charge in [0.25, 0.3) is 0 Å². The number of aromatic hydroxyl groups is 1. The predicted molar refractivity (Wildman–Crippen MR) is 187 cm³/mol. The molecule has 2 saturated heterocycles. The summed E-state index contributed by atoms with van der Waals surface area (Å²) in [6.45, 7) is 9.25. The number of hydrogen-bond acceptors (Lipinski definition) is 9. The smallest absolute Gasteiger partial charge is 0.318 e. The van der Waals surface area contributed by atoms with Crippen LogP contribution < -0.4 is 19.9 Å². The number of phenols is 1. The zero-order valence-electron chi connectivity index (χ0n) is 28.7. The third kappa shape index (κ3) is 5.52. The third-order valence-electron chi connectivity index (χ3n) is 11.3. The number of rotatable bonds is 8. The summed E-state index contributed by atoms with van der Waals surface area (Å²) >= 11 is 0. The van der Waals surface area contributed by atoms with Crippen LogP contribution in [-0.4, -0.2) is 81.3 Å². The minimum absolute atomic E-state index is 0.145. The fourth-order valence-electron chi connectivity index (χ4n) is 8.96. The topological polar surface area (TPSA) is 94.8 Å². The number of benzene rings is 2. The van der Waals surface area contributed by atoms with Gasteiger partial charge in [-0.1, -0.05) is 19.9 Å². The summed E-state index contributed by atoms with van der Waals surface area (Å²) < 4.78 is 38.4. The maximum absolute atomic E-state index is 15.1. The second-order valence-electron chi connectivity index (χ2n) is 14.1. The number of nitrogens with one attached hydrogen (secondary N) is 1. The zero-order valence-corrected chi connectivity index (χ0v) is 28.7. The normalized spacial score (nSPS) is 22.3. The minimum atomic E-state index is -0.843. The van der Waals surface area contributed by atoms with Crippen LogP contribution in [-0.2, 0) is 38.9 Å². The second-order valence-corrected chi connectivity index (χ2v) is 14.1. The standard InChI is InChI=1S/C37H46F2N8O2/c1-4-26-29(39)9-8-23-16-25(48)17-31(33(23)26)44-15-10-28-30(20-44)41-36(49-22-37-11-6-13-46(37)19-24(38)18-37)42-35(28)45-12-7-14-47-32(21-45)27(5-2)34(40-3)43-47/h8-9,16-17,24,48H,4-7,10-15,18-22H2,1-3H3,(H,40,43)/t24-,37+/m1/s1. The number of anilines is 3. The van der Waals surface area contributed by atoms with Crippen LogP contribution in [0, 0.1) is 5.82 Å². The molecular formula is C37H46F2N8O2. The van der Waals surface area contributed by atoms with E-state index in [2.05, 4.69) is 31.6 Å². The van der Waals surface area contributed by atoms with E-state index in [-0.39, 0.29) is 17.1 Å². The van der Waals surface area contributed by atoms with Crippen LogP contribution >= 0.6 is 0 Å². The Labute approximate surface area is 286 Å². The maximum Gasteiger partial charge on any atom is 0.318 e. The molecule has 4 aromatic rings. The van der Waals surface area contributed by atoms with E-state index in [0.717, 1.165) is 84.7 Å². The lowest BCUT2D eigenvalue weighted by molar-refractivity contribution is 0.107. The number of alkyl halides is 1. The minimum Gasteiger partial charge on any atom is -0.508 e. The van der Waals surface area contributed by atoms with Crippen molar-refractivity contribution in [2.24, 2.45) is 0 Å². The summed E-state index contributed by atoms with van der Waals surface area (Å²) in [6.07, 6.45) is 4.58. The Bertz CT molecular complexity index is 1900. The number of phenolic OH excluding ortho intramolecular Hbond substituents is 1. The monoisotopic (exact) mass is 672 g/mol. The number of fused-ring (bicyclic) bond motifs is 4. The van der Waals surface area contributed by atoms with Gasteiger partial charge >= 0.3 is 6.01 Å². The largest absolute Gasteiger partial charge is 0.508 e. The molecule has 12 heteroatoms. The fraction of sp³-hybridized carbons (Fsp3) is 0.541. The Kier molecular flexibility index (Phi) is 8.24. The highest BCUT2D eigenvalue weighted by molar-refractivity contribution is 5.98. The molecule has 49 heavy (non-hydrogen) atoms. The molecule has 6 heterocycles. The molecule has 4 aliphatic heterocycles. The second kappa shape index (κ2) is 12.6. The van der Waals surface area contributed by atoms with Crippen molar-refractivity contribution in [1.29, 1.82) is 0 Å². The van der Waals surface area contributed by atoms with E-state index in [1.54, 1.807) is 18.2 Å². The van der Waals surface area contributed by atoms with Crippen molar-refractivity contribution < 1.29 is 18.6 Å². The van der Waals surface area contributed by atoms with Crippen molar-refractivity contribution >= 4 is 28.1 Å². The van der Waals surface area contributed by atoms with Gasteiger partial charge < -0.3 is 25.0 Å². The highest BCUT2D eigenvalue weighted by Gasteiger charge is 2.49. The number of halogens is 2. The van der Waals surface area contributed by atoms with E-state index < -0.39 is 6.17 Å². The van der Waals surface area contributed by atoms with Gasteiger partial charge in [-0.15, -0.1) is 0 Å². The van der Waals surface area contributed by atoms with Gasteiger partial charge in [-0.05, 0) is 68.2 Å². The summed E-state index contributed by atoms with van der Waals surface area (Å²) in [5, 5.41) is 20.5. The van der Waals surface area contributed by atoms with Gasteiger partial charge in [0, 0.05) is 67.9 Å². The van der Waals surface area contributed by atoms with Gasteiger partial charge in [0.2, 0.25) is 0 Å². The quantitative estimate of drug-likeness (QED) is 0.242. The zero-order chi connectivity index (χ0) is 33.9. The Morgan fingerprint density at radius 2 is 1.88 bits per heavy atom. The predicted octanol–water partition coefficient (Wildman–Crippen LogP) is 5.77. The number of aromatic nitrogens is 4. The van der Waals surface area contributed by atoms with E-state index in [4.69, 9.17) is 19.8 Å². The van der Waals surface area contributed by atoms with Gasteiger partial charge in [-0.25, -0.2) is 8.78 Å². The highest BCUT2D eigenvalue weighted by atomic mass is 19.1. The van der Waals surface area contributed by atoms with Crippen molar-refractivity contribution in [2.45, 2.75) is 90.1 Å². The van der Waals surface area contributed by atoms with E-state index in [1.165, 1.54) is 17.3 Å². The summed E-state index contributed by atoms with van der Waals surface area (Å²) in [4.78, 5) is 17.0. The molecule has 260 valence electrons. The summed E-state index contributed by atoms with van der Waals surface area (Å²) in [5.74, 6) is 1.70. The first-order chi connectivity index (χ1) is 23.8. The van der Waals surface area contributed by atoms with Gasteiger partial charge in [-0.2, -0.15) is 15.1 Å². The lowest BCUT2D eigenvalue weighted by atomic mass is 9.95. The molecule has 0 aliphatic carbocycles. The first kappa shape index (κ1) is 32.0. The molecule has 0 unspecified atom stereocenters. The van der Waals surface area contributed by atoms with Crippen molar-refractivity contribution in [2.75, 3.05) is 55.0 Å². The van der Waals surface area contributed by atoms with Crippen molar-refractivity contribution in [3.8, 4) is 11.8 Å². The first-order valence-corrected chi connectivity index (χ1v) is 17.9. The van der Waals surface area contributed by atoms with Crippen molar-refractivity contribution in [3.63, 3.8) is 0 Å². The maximum atomic E-state index is 15.1. The lowest BCUT2D eigenvalue weighted by Crippen LogP contribution is -2.43. The van der Waals surface area contributed by atoms with E-state index in [9.17, 15) is 9.50 Å². The van der Waals surface area contributed by atoms with Crippen LogP contribution in [0.1, 0.15) is 67.6 Å². The van der Waals surface area contributed by atoms with Crippen LogP contribution in [0.25, 0.3) is 10.8 Å². The SMILES string of the molecule is CCc1c(NC)nn2c1CN(c1nc(OC[C@@]34CCCN3C[C@H](F)C4)nc3c1CCN(c1cc(O)cc4ccc(F)c(CC)c14)C3)CCC2. The molecule has 2 N–H and O–H groups in total. The van der Waals surface area contributed by atoms with E-state index in [1.807, 2.05) is 14.0 Å². The number of ether oxygens (including phenoxy) is 1. The fourth-order valence-corrected chi connectivity index (χ4v) is 8.96. The molecular weight excluding hydrogens is 626 g/mol. The third-order valence-corrected chi connectivity index (χ3v) is 11.3. The molecule has 2 fully saturated rings. The number of hydrogen-bond donors (Lipinski definition) is 2. The van der Waals surface area contributed by atoms with Crippen LogP contribution in [0.15, 0.2) is 24.3 Å². The summed E-state index contributed by atoms with van der Waals surface area (Å²) in [5.41, 5.74) is 5.47. The molecule has 10 nitrogen and oxygen atoms in total. The Balaban J connectivity index is 1.19. The first-order valence-electron chi connectivity index (χ1n) is 17.9. The van der Waals surface area contributed by atoms with Crippen LogP contribution in [0.2, 0.25) is 0 Å². The Morgan fingerprint density at radius 3 is 2.69 bits per heavy atom. The summed E-state index contributed by atoms with van der Waals surface area (Å²) in [6, 6.07) is 6.98. The van der Waals surface area contributed by atoms with Gasteiger partial charge in [0.15, 0.2) is 5.82 Å². The van der Waals surface area contributed by atoms with E-state index in [0.29, 0.717) is 63.6 Å². The molecule has 2 aromatic heterocycles. The van der Waals surface area contributed by atoms with Gasteiger partial charge in [0.1, 0.15) is 30.2 Å². The average Bonchev–Trinajstić information content (AvgIpc) is 3.69. The lowest BCUT2D eigenvalue weighted by Gasteiger charge is -2.35. The molecule has 0 amide bonds. The van der Waals surface area contributed by atoms with Crippen LogP contribution in [0.3, 0.4) is 0 Å². The molecule has 0 spiro atoms. The van der Waals surface area contributed by atoms with Crippen molar-refractivity contribution in [3.05, 3.63) is 58.2 Å². The molecule has 2 atom stereocenters. The Hall–Kier alpha value is -4.19.